The summed E-state index contributed by atoms with van der Waals surface area (Å²) in [7, 11) is 0. The van der Waals surface area contributed by atoms with Crippen molar-refractivity contribution in [2.24, 2.45) is 0 Å². The van der Waals surface area contributed by atoms with Gasteiger partial charge in [-0.15, -0.1) is 0 Å². The monoisotopic (exact) mass is 226 g/mol. The maximum atomic E-state index is 11.9. The first-order valence-corrected chi connectivity index (χ1v) is 6.11. The summed E-state index contributed by atoms with van der Waals surface area (Å²) in [5.74, 6) is 0.0786. The van der Waals surface area contributed by atoms with E-state index in [0.29, 0.717) is 0 Å². The van der Waals surface area contributed by atoms with Crippen molar-refractivity contribution in [2.45, 2.75) is 46.1 Å². The van der Waals surface area contributed by atoms with Gasteiger partial charge < -0.3 is 9.80 Å². The SMILES string of the molecule is CCC(C)N(CC(=O)N1CCCC1)C(C)=O. The number of carbonyl (C=O) groups excluding carboxylic acids is 2. The van der Waals surface area contributed by atoms with E-state index in [4.69, 9.17) is 0 Å². The summed E-state index contributed by atoms with van der Waals surface area (Å²) in [6, 6.07) is 0.143. The van der Waals surface area contributed by atoms with Gasteiger partial charge in [0.2, 0.25) is 11.8 Å². The summed E-state index contributed by atoms with van der Waals surface area (Å²) in [5, 5.41) is 0. The molecule has 1 saturated heterocycles. The number of hydrogen-bond donors (Lipinski definition) is 0. The van der Waals surface area contributed by atoms with Gasteiger partial charge in [0.1, 0.15) is 0 Å². The van der Waals surface area contributed by atoms with Crippen LogP contribution in [-0.4, -0.2) is 47.3 Å². The van der Waals surface area contributed by atoms with Gasteiger partial charge in [-0.25, -0.2) is 0 Å². The Bertz CT molecular complexity index is 260. The molecule has 0 saturated carbocycles. The lowest BCUT2D eigenvalue weighted by molar-refractivity contribution is -0.140. The molecule has 0 N–H and O–H groups in total. The normalized spacial score (nSPS) is 17.3. The maximum absolute atomic E-state index is 11.9. The minimum atomic E-state index is -0.0121. The number of amides is 2. The molecule has 0 aromatic heterocycles. The summed E-state index contributed by atoms with van der Waals surface area (Å²) in [6.07, 6.45) is 3.07. The van der Waals surface area contributed by atoms with Crippen LogP contribution in [0.25, 0.3) is 0 Å². The van der Waals surface area contributed by atoms with Gasteiger partial charge >= 0.3 is 0 Å². The number of rotatable bonds is 4. The van der Waals surface area contributed by atoms with Crippen molar-refractivity contribution in [3.8, 4) is 0 Å². The molecule has 1 rings (SSSR count). The van der Waals surface area contributed by atoms with Gasteiger partial charge in [-0.3, -0.25) is 9.59 Å². The lowest BCUT2D eigenvalue weighted by Gasteiger charge is -2.28. The van der Waals surface area contributed by atoms with E-state index >= 15 is 0 Å². The van der Waals surface area contributed by atoms with Crippen molar-refractivity contribution in [1.29, 1.82) is 0 Å². The van der Waals surface area contributed by atoms with Gasteiger partial charge in [0.15, 0.2) is 0 Å². The first-order chi connectivity index (χ1) is 7.56. The molecule has 0 spiro atoms. The number of carbonyl (C=O) groups is 2. The lowest BCUT2D eigenvalue weighted by Crippen LogP contribution is -2.45. The summed E-state index contributed by atoms with van der Waals surface area (Å²) in [6.45, 7) is 7.49. The molecule has 1 heterocycles. The molecule has 0 aromatic carbocycles. The topological polar surface area (TPSA) is 40.6 Å². The molecular weight excluding hydrogens is 204 g/mol. The number of likely N-dealkylation sites (tertiary alicyclic amines) is 1. The highest BCUT2D eigenvalue weighted by atomic mass is 16.2. The third-order valence-corrected chi connectivity index (χ3v) is 3.29. The van der Waals surface area contributed by atoms with Crippen LogP contribution in [0.5, 0.6) is 0 Å². The maximum Gasteiger partial charge on any atom is 0.242 e. The van der Waals surface area contributed by atoms with Gasteiger partial charge in [-0.1, -0.05) is 6.92 Å². The predicted molar refractivity (Wildman–Crippen MR) is 63.0 cm³/mol. The smallest absolute Gasteiger partial charge is 0.242 e. The van der Waals surface area contributed by atoms with Crippen LogP contribution in [0.15, 0.2) is 0 Å². The molecule has 92 valence electrons. The van der Waals surface area contributed by atoms with Gasteiger partial charge in [0, 0.05) is 26.1 Å². The zero-order chi connectivity index (χ0) is 12.1. The van der Waals surface area contributed by atoms with E-state index in [9.17, 15) is 9.59 Å². The second-order valence-electron chi connectivity index (χ2n) is 4.49. The molecule has 1 unspecified atom stereocenters. The first-order valence-electron chi connectivity index (χ1n) is 6.11. The van der Waals surface area contributed by atoms with E-state index in [1.807, 2.05) is 18.7 Å². The molecule has 1 fully saturated rings. The minimum Gasteiger partial charge on any atom is -0.341 e. The second-order valence-corrected chi connectivity index (χ2v) is 4.49. The van der Waals surface area contributed by atoms with Gasteiger partial charge in [0.25, 0.3) is 0 Å². The third-order valence-electron chi connectivity index (χ3n) is 3.29. The zero-order valence-corrected chi connectivity index (χ0v) is 10.5. The average molecular weight is 226 g/mol. The van der Waals surface area contributed by atoms with Crippen LogP contribution < -0.4 is 0 Å². The molecule has 0 aliphatic carbocycles. The molecule has 0 aromatic rings. The molecule has 16 heavy (non-hydrogen) atoms. The Kier molecular flexibility index (Phi) is 4.77. The standard InChI is InChI=1S/C12H22N2O2/c1-4-10(2)14(11(3)15)9-12(16)13-7-5-6-8-13/h10H,4-9H2,1-3H3. The van der Waals surface area contributed by atoms with E-state index in [-0.39, 0.29) is 24.4 Å². The van der Waals surface area contributed by atoms with Crippen molar-refractivity contribution < 1.29 is 9.59 Å². The van der Waals surface area contributed by atoms with E-state index in [1.54, 1.807) is 4.90 Å². The highest BCUT2D eigenvalue weighted by Crippen LogP contribution is 2.10. The Labute approximate surface area is 97.6 Å². The summed E-state index contributed by atoms with van der Waals surface area (Å²) < 4.78 is 0. The fourth-order valence-electron chi connectivity index (χ4n) is 2.01. The molecule has 4 nitrogen and oxygen atoms in total. The number of hydrogen-bond acceptors (Lipinski definition) is 2. The van der Waals surface area contributed by atoms with Crippen LogP contribution in [0.1, 0.15) is 40.0 Å². The van der Waals surface area contributed by atoms with Crippen LogP contribution in [0, 0.1) is 0 Å². The number of nitrogens with zero attached hydrogens (tertiary/aromatic N) is 2. The van der Waals surface area contributed by atoms with Gasteiger partial charge in [-0.2, -0.15) is 0 Å². The fraction of sp³-hybridized carbons (Fsp3) is 0.833. The largest absolute Gasteiger partial charge is 0.341 e. The Morgan fingerprint density at radius 3 is 2.31 bits per heavy atom. The molecule has 1 aliphatic heterocycles. The Morgan fingerprint density at radius 1 is 1.31 bits per heavy atom. The Balaban J connectivity index is 2.53. The van der Waals surface area contributed by atoms with Crippen molar-refractivity contribution in [1.82, 2.24) is 9.80 Å². The highest BCUT2D eigenvalue weighted by molar-refractivity contribution is 5.84. The molecule has 1 aliphatic rings. The molecular formula is C12H22N2O2. The summed E-state index contributed by atoms with van der Waals surface area (Å²) in [4.78, 5) is 26.9. The second kappa shape index (κ2) is 5.87. The van der Waals surface area contributed by atoms with Crippen LogP contribution in [0.3, 0.4) is 0 Å². The summed E-state index contributed by atoms with van der Waals surface area (Å²) in [5.41, 5.74) is 0. The molecule has 0 radical (unpaired) electrons. The Hall–Kier alpha value is -1.06. The summed E-state index contributed by atoms with van der Waals surface area (Å²) >= 11 is 0. The molecule has 2 amide bonds. The molecule has 1 atom stereocenters. The molecule has 0 bridgehead atoms. The van der Waals surface area contributed by atoms with Crippen LogP contribution in [0.4, 0.5) is 0 Å². The Morgan fingerprint density at radius 2 is 1.88 bits per heavy atom. The predicted octanol–water partition coefficient (Wildman–Crippen LogP) is 1.26. The van der Waals surface area contributed by atoms with E-state index in [0.717, 1.165) is 32.4 Å². The van der Waals surface area contributed by atoms with E-state index in [2.05, 4.69) is 0 Å². The average Bonchev–Trinajstić information content (AvgIpc) is 2.77. The third kappa shape index (κ3) is 3.22. The first kappa shape index (κ1) is 13.0. The zero-order valence-electron chi connectivity index (χ0n) is 10.5. The highest BCUT2D eigenvalue weighted by Gasteiger charge is 2.23. The van der Waals surface area contributed by atoms with Crippen LogP contribution in [0.2, 0.25) is 0 Å². The van der Waals surface area contributed by atoms with Crippen LogP contribution >= 0.6 is 0 Å². The van der Waals surface area contributed by atoms with Crippen molar-refractivity contribution in [3.05, 3.63) is 0 Å². The quantitative estimate of drug-likeness (QED) is 0.724. The van der Waals surface area contributed by atoms with Crippen LogP contribution in [-0.2, 0) is 9.59 Å². The lowest BCUT2D eigenvalue weighted by atomic mass is 10.2. The van der Waals surface area contributed by atoms with Crippen molar-refractivity contribution >= 4 is 11.8 Å². The van der Waals surface area contributed by atoms with Gasteiger partial charge in [-0.05, 0) is 26.2 Å². The van der Waals surface area contributed by atoms with Crippen molar-refractivity contribution in [2.75, 3.05) is 19.6 Å². The fourth-order valence-corrected chi connectivity index (χ4v) is 2.01. The van der Waals surface area contributed by atoms with Crippen molar-refractivity contribution in [3.63, 3.8) is 0 Å². The van der Waals surface area contributed by atoms with E-state index in [1.165, 1.54) is 6.92 Å². The van der Waals surface area contributed by atoms with Gasteiger partial charge in [0.05, 0.1) is 6.54 Å². The molecule has 4 heteroatoms. The van der Waals surface area contributed by atoms with E-state index < -0.39 is 0 Å². The minimum absolute atomic E-state index is 0.0121.